The lowest BCUT2D eigenvalue weighted by molar-refractivity contribution is -0.160. The minimum absolute atomic E-state index is 0.277. The summed E-state index contributed by atoms with van der Waals surface area (Å²) >= 11 is 0. The van der Waals surface area contributed by atoms with Gasteiger partial charge in [0.2, 0.25) is 0 Å². The molecule has 0 amide bonds. The van der Waals surface area contributed by atoms with Crippen LogP contribution in [0.3, 0.4) is 0 Å². The Kier molecular flexibility index (Phi) is 3.71. The molecule has 3 aliphatic rings. The Hall–Kier alpha value is -2.38. The normalized spacial score (nSPS) is 37.7. The van der Waals surface area contributed by atoms with E-state index in [0.717, 1.165) is 0 Å². The highest BCUT2D eigenvalue weighted by molar-refractivity contribution is 5.85. The maximum absolute atomic E-state index is 11.4. The minimum Gasteiger partial charge on any atom is -0.481 e. The van der Waals surface area contributed by atoms with Crippen LogP contribution in [0, 0.1) is 35.5 Å². The van der Waals surface area contributed by atoms with Crippen LogP contribution in [0.5, 0.6) is 0 Å². The first-order valence-electron chi connectivity index (χ1n) is 6.35. The van der Waals surface area contributed by atoms with Gasteiger partial charge in [-0.15, -0.1) is 0 Å². The Balaban J connectivity index is 2.58. The van der Waals surface area contributed by atoms with Crippen molar-refractivity contribution in [2.75, 3.05) is 0 Å². The zero-order valence-corrected chi connectivity index (χ0v) is 10.7. The number of hydrogen-bond donors (Lipinski definition) is 4. The summed E-state index contributed by atoms with van der Waals surface area (Å²) in [6.07, 6.45) is 2.43. The van der Waals surface area contributed by atoms with Gasteiger partial charge in [0, 0.05) is 11.8 Å². The number of rotatable bonds is 4. The maximum Gasteiger partial charge on any atom is 0.308 e. The van der Waals surface area contributed by atoms with Crippen LogP contribution in [0.4, 0.5) is 0 Å². The molecule has 0 saturated heterocycles. The molecule has 0 aliphatic heterocycles. The lowest BCUT2D eigenvalue weighted by Crippen LogP contribution is -2.43. The smallest absolute Gasteiger partial charge is 0.308 e. The van der Waals surface area contributed by atoms with E-state index in [1.54, 1.807) is 0 Å². The van der Waals surface area contributed by atoms with Crippen molar-refractivity contribution in [3.8, 4) is 0 Å². The van der Waals surface area contributed by atoms with Crippen molar-refractivity contribution in [1.82, 2.24) is 0 Å². The molecule has 1 fully saturated rings. The van der Waals surface area contributed by atoms with E-state index in [1.165, 1.54) is 12.2 Å². The Bertz CT molecular complexity index is 490. The SMILES string of the molecule is O=C(O)C1CC(C(=O)O)C2C=CC1C(C(=O)O)C2C(=O)O. The van der Waals surface area contributed by atoms with Crippen molar-refractivity contribution >= 4 is 23.9 Å². The molecule has 0 spiro atoms. The van der Waals surface area contributed by atoms with E-state index >= 15 is 0 Å². The molecule has 0 radical (unpaired) electrons. The minimum atomic E-state index is -1.44. The summed E-state index contributed by atoms with van der Waals surface area (Å²) in [5, 5.41) is 37.1. The number of hydrogen-bond acceptors (Lipinski definition) is 4. The predicted octanol–water partition coefficient (Wildman–Crippen LogP) is -0.00450. The molecule has 6 atom stereocenters. The molecule has 6 unspecified atom stereocenters. The standard InChI is InChI=1S/C13H14O8/c14-10(15)6-3-7(11(16)17)5-2-1-4(6)8(12(18)19)9(5)13(20)21/h1-2,4-9H,3H2,(H,14,15)(H,16,17)(H,18,19)(H,20,21). The molecule has 114 valence electrons. The monoisotopic (exact) mass is 298 g/mol. The Morgan fingerprint density at radius 1 is 0.667 bits per heavy atom. The van der Waals surface area contributed by atoms with Crippen LogP contribution in [0.1, 0.15) is 6.42 Å². The highest BCUT2D eigenvalue weighted by Crippen LogP contribution is 2.48. The molecule has 21 heavy (non-hydrogen) atoms. The Labute approximate surface area is 118 Å². The van der Waals surface area contributed by atoms with E-state index in [0.29, 0.717) is 0 Å². The van der Waals surface area contributed by atoms with Crippen LogP contribution in [-0.2, 0) is 19.2 Å². The molecule has 2 bridgehead atoms. The summed E-state index contributed by atoms with van der Waals surface area (Å²) < 4.78 is 0. The number of fused-ring (bicyclic) bond motifs is 3. The molecule has 1 saturated carbocycles. The molecule has 0 aromatic heterocycles. The van der Waals surface area contributed by atoms with Crippen LogP contribution in [0.25, 0.3) is 0 Å². The van der Waals surface area contributed by atoms with Gasteiger partial charge in [-0.3, -0.25) is 19.2 Å². The number of carboxylic acid groups (broad SMARTS) is 4. The van der Waals surface area contributed by atoms with E-state index in [4.69, 9.17) is 0 Å². The fraction of sp³-hybridized carbons (Fsp3) is 0.538. The van der Waals surface area contributed by atoms with Gasteiger partial charge in [-0.2, -0.15) is 0 Å². The molecule has 4 N–H and O–H groups in total. The quantitative estimate of drug-likeness (QED) is 0.529. The van der Waals surface area contributed by atoms with E-state index < -0.39 is 59.4 Å². The summed E-state index contributed by atoms with van der Waals surface area (Å²) in [7, 11) is 0. The van der Waals surface area contributed by atoms with Crippen molar-refractivity contribution in [1.29, 1.82) is 0 Å². The van der Waals surface area contributed by atoms with Gasteiger partial charge in [-0.1, -0.05) is 12.2 Å². The van der Waals surface area contributed by atoms with Crippen LogP contribution < -0.4 is 0 Å². The second-order valence-electron chi connectivity index (χ2n) is 5.39. The van der Waals surface area contributed by atoms with Crippen molar-refractivity contribution in [3.63, 3.8) is 0 Å². The number of allylic oxidation sites excluding steroid dienone is 2. The third-order valence-electron chi connectivity index (χ3n) is 4.41. The molecular weight excluding hydrogens is 284 g/mol. The van der Waals surface area contributed by atoms with Crippen LogP contribution >= 0.6 is 0 Å². The third-order valence-corrected chi connectivity index (χ3v) is 4.41. The molecule has 0 heterocycles. The van der Waals surface area contributed by atoms with Crippen LogP contribution in [-0.4, -0.2) is 44.3 Å². The molecule has 0 aromatic carbocycles. The maximum atomic E-state index is 11.4. The second-order valence-corrected chi connectivity index (χ2v) is 5.39. The first-order chi connectivity index (χ1) is 9.75. The molecule has 0 aromatic rings. The summed E-state index contributed by atoms with van der Waals surface area (Å²) in [4.78, 5) is 45.5. The summed E-state index contributed by atoms with van der Waals surface area (Å²) in [6, 6.07) is 0. The zero-order chi connectivity index (χ0) is 15.9. The predicted molar refractivity (Wildman–Crippen MR) is 65.2 cm³/mol. The number of carboxylic acids is 4. The van der Waals surface area contributed by atoms with Gasteiger partial charge in [0.25, 0.3) is 0 Å². The van der Waals surface area contributed by atoms with Gasteiger partial charge in [0.05, 0.1) is 23.7 Å². The van der Waals surface area contributed by atoms with E-state index in [-0.39, 0.29) is 6.42 Å². The van der Waals surface area contributed by atoms with Crippen molar-refractivity contribution in [2.45, 2.75) is 6.42 Å². The van der Waals surface area contributed by atoms with E-state index in [2.05, 4.69) is 0 Å². The van der Waals surface area contributed by atoms with E-state index in [9.17, 15) is 39.6 Å². The van der Waals surface area contributed by atoms with Crippen LogP contribution in [0.15, 0.2) is 12.2 Å². The molecule has 3 rings (SSSR count). The largest absolute Gasteiger partial charge is 0.481 e. The zero-order valence-electron chi connectivity index (χ0n) is 10.7. The second kappa shape index (κ2) is 5.19. The number of aliphatic carboxylic acids is 4. The lowest BCUT2D eigenvalue weighted by atomic mass is 9.68. The summed E-state index contributed by atoms with van der Waals surface area (Å²) in [6.45, 7) is 0. The van der Waals surface area contributed by atoms with Crippen LogP contribution in [0.2, 0.25) is 0 Å². The average molecular weight is 298 g/mol. The average Bonchev–Trinajstić information content (AvgIpc) is 2.64. The van der Waals surface area contributed by atoms with Gasteiger partial charge in [0.15, 0.2) is 0 Å². The van der Waals surface area contributed by atoms with Crippen molar-refractivity contribution in [2.24, 2.45) is 35.5 Å². The summed E-state index contributed by atoms with van der Waals surface area (Å²) in [5.41, 5.74) is 0. The van der Waals surface area contributed by atoms with E-state index in [1.807, 2.05) is 0 Å². The Morgan fingerprint density at radius 2 is 1.00 bits per heavy atom. The molecular formula is C13H14O8. The lowest BCUT2D eigenvalue weighted by Gasteiger charge is -2.33. The van der Waals surface area contributed by atoms with Gasteiger partial charge >= 0.3 is 23.9 Å². The molecule has 8 heteroatoms. The first kappa shape index (κ1) is 15.0. The topological polar surface area (TPSA) is 149 Å². The highest BCUT2D eigenvalue weighted by atomic mass is 16.4. The molecule has 3 aliphatic carbocycles. The van der Waals surface area contributed by atoms with Gasteiger partial charge < -0.3 is 20.4 Å². The van der Waals surface area contributed by atoms with Crippen molar-refractivity contribution < 1.29 is 39.6 Å². The molecule has 8 nitrogen and oxygen atoms in total. The highest BCUT2D eigenvalue weighted by Gasteiger charge is 2.56. The fourth-order valence-corrected chi connectivity index (χ4v) is 3.50. The van der Waals surface area contributed by atoms with Gasteiger partial charge in [-0.25, -0.2) is 0 Å². The first-order valence-corrected chi connectivity index (χ1v) is 6.35. The van der Waals surface area contributed by atoms with Gasteiger partial charge in [0.1, 0.15) is 0 Å². The third kappa shape index (κ3) is 2.37. The fourth-order valence-electron chi connectivity index (χ4n) is 3.50. The van der Waals surface area contributed by atoms with Gasteiger partial charge in [-0.05, 0) is 6.42 Å². The summed E-state index contributed by atoms with van der Waals surface area (Å²) in [5.74, 6) is -12.8. The van der Waals surface area contributed by atoms with Crippen molar-refractivity contribution in [3.05, 3.63) is 12.2 Å². The number of carbonyl (C=O) groups is 4. The Morgan fingerprint density at radius 3 is 1.24 bits per heavy atom.